The first-order chi connectivity index (χ1) is 14.7. The molecule has 3 heterocycles. The highest BCUT2D eigenvalue weighted by Crippen LogP contribution is 2.27. The van der Waals surface area contributed by atoms with E-state index in [0.29, 0.717) is 36.9 Å². The molecule has 4 aromatic rings. The van der Waals surface area contributed by atoms with Gasteiger partial charge in [-0.1, -0.05) is 36.4 Å². The number of imidazole rings is 1. The molecular formula is C24H23FN4O. The van der Waals surface area contributed by atoms with Gasteiger partial charge >= 0.3 is 0 Å². The van der Waals surface area contributed by atoms with Crippen molar-refractivity contribution in [3.63, 3.8) is 0 Å². The van der Waals surface area contributed by atoms with Gasteiger partial charge in [-0.25, -0.2) is 9.37 Å². The maximum atomic E-state index is 14.3. The molecule has 6 heteroatoms. The molecule has 0 aliphatic carbocycles. The van der Waals surface area contributed by atoms with Crippen molar-refractivity contribution in [3.8, 4) is 0 Å². The Morgan fingerprint density at radius 2 is 1.83 bits per heavy atom. The van der Waals surface area contributed by atoms with Gasteiger partial charge in [0.1, 0.15) is 11.5 Å². The smallest absolute Gasteiger partial charge is 0.270 e. The first-order valence-electron chi connectivity index (χ1n) is 10.3. The van der Waals surface area contributed by atoms with Gasteiger partial charge in [0.05, 0.1) is 12.9 Å². The van der Waals surface area contributed by atoms with Crippen molar-refractivity contribution in [1.82, 2.24) is 19.0 Å². The molecule has 0 unspecified atom stereocenters. The SMILES string of the molecule is O=C(c1cc2ccccc2n1Cc1ccccc1F)N1CCC(n2ccnc2)CC1. The number of fused-ring (bicyclic) bond motifs is 1. The molecule has 1 aliphatic rings. The van der Waals surface area contributed by atoms with Crippen LogP contribution in [0.2, 0.25) is 0 Å². The normalized spacial score (nSPS) is 15.0. The number of halogens is 1. The van der Waals surface area contributed by atoms with Crippen molar-refractivity contribution in [3.05, 3.63) is 90.4 Å². The lowest BCUT2D eigenvalue weighted by molar-refractivity contribution is 0.0684. The zero-order valence-electron chi connectivity index (χ0n) is 16.6. The van der Waals surface area contributed by atoms with Crippen LogP contribution in [0.15, 0.2) is 73.3 Å². The number of carbonyl (C=O) groups excluding carboxylic acids is 1. The summed E-state index contributed by atoms with van der Waals surface area (Å²) in [6.45, 7) is 1.72. The van der Waals surface area contributed by atoms with Crippen LogP contribution in [-0.2, 0) is 6.54 Å². The molecule has 0 N–H and O–H groups in total. The van der Waals surface area contributed by atoms with E-state index in [2.05, 4.69) is 9.55 Å². The molecule has 152 valence electrons. The highest BCUT2D eigenvalue weighted by Gasteiger charge is 2.27. The summed E-state index contributed by atoms with van der Waals surface area (Å²) in [4.78, 5) is 19.5. The lowest BCUT2D eigenvalue weighted by atomic mass is 10.0. The summed E-state index contributed by atoms with van der Waals surface area (Å²) in [6, 6.07) is 16.9. The van der Waals surface area contributed by atoms with Crippen LogP contribution in [0, 0.1) is 5.82 Å². The Kier molecular flexibility index (Phi) is 4.83. The molecule has 1 saturated heterocycles. The molecule has 2 aromatic heterocycles. The number of likely N-dealkylation sites (tertiary alicyclic amines) is 1. The maximum absolute atomic E-state index is 14.3. The van der Waals surface area contributed by atoms with Crippen molar-refractivity contribution in [2.75, 3.05) is 13.1 Å². The highest BCUT2D eigenvalue weighted by atomic mass is 19.1. The van der Waals surface area contributed by atoms with E-state index < -0.39 is 0 Å². The molecule has 1 aliphatic heterocycles. The van der Waals surface area contributed by atoms with Crippen LogP contribution in [0.5, 0.6) is 0 Å². The molecule has 0 bridgehead atoms. The second-order valence-corrected chi connectivity index (χ2v) is 7.80. The highest BCUT2D eigenvalue weighted by molar-refractivity contribution is 5.99. The number of para-hydroxylation sites is 1. The van der Waals surface area contributed by atoms with Gasteiger partial charge in [-0.3, -0.25) is 4.79 Å². The predicted molar refractivity (Wildman–Crippen MR) is 114 cm³/mol. The fourth-order valence-corrected chi connectivity index (χ4v) is 4.37. The van der Waals surface area contributed by atoms with Crippen LogP contribution < -0.4 is 0 Å². The third-order valence-corrected chi connectivity index (χ3v) is 6.01. The largest absolute Gasteiger partial charge is 0.337 e. The molecule has 0 radical (unpaired) electrons. The number of amides is 1. The predicted octanol–water partition coefficient (Wildman–Crippen LogP) is 4.50. The molecule has 2 aromatic carbocycles. The van der Waals surface area contributed by atoms with Crippen LogP contribution in [0.25, 0.3) is 10.9 Å². The van der Waals surface area contributed by atoms with E-state index in [1.165, 1.54) is 6.07 Å². The lowest BCUT2D eigenvalue weighted by Gasteiger charge is -2.32. The third-order valence-electron chi connectivity index (χ3n) is 6.01. The van der Waals surface area contributed by atoms with Gasteiger partial charge < -0.3 is 14.0 Å². The number of rotatable bonds is 4. The minimum atomic E-state index is -0.255. The molecule has 1 fully saturated rings. The van der Waals surface area contributed by atoms with Crippen molar-refractivity contribution in [2.24, 2.45) is 0 Å². The Morgan fingerprint density at radius 3 is 2.60 bits per heavy atom. The molecule has 0 saturated carbocycles. The molecule has 0 spiro atoms. The zero-order chi connectivity index (χ0) is 20.5. The molecule has 1 amide bonds. The molecule has 0 atom stereocenters. The zero-order valence-corrected chi connectivity index (χ0v) is 16.6. The molecule has 30 heavy (non-hydrogen) atoms. The number of nitrogens with zero attached hydrogens (tertiary/aromatic N) is 4. The lowest BCUT2D eigenvalue weighted by Crippen LogP contribution is -2.39. The van der Waals surface area contributed by atoms with Crippen LogP contribution in [0.3, 0.4) is 0 Å². The number of hydrogen-bond donors (Lipinski definition) is 0. The molecular weight excluding hydrogens is 379 g/mol. The first-order valence-corrected chi connectivity index (χ1v) is 10.3. The summed E-state index contributed by atoms with van der Waals surface area (Å²) in [5.41, 5.74) is 2.13. The van der Waals surface area contributed by atoms with Gasteiger partial charge in [-0.2, -0.15) is 0 Å². The van der Waals surface area contributed by atoms with Gasteiger partial charge in [-0.05, 0) is 31.0 Å². The van der Waals surface area contributed by atoms with E-state index in [4.69, 9.17) is 0 Å². The minimum absolute atomic E-state index is 0.00613. The van der Waals surface area contributed by atoms with Gasteiger partial charge in [0.2, 0.25) is 0 Å². The first kappa shape index (κ1) is 18.6. The standard InChI is InChI=1S/C24H23FN4O/c25-21-7-3-1-6-19(21)16-29-22-8-4-2-5-18(22)15-23(29)24(30)27-12-9-20(10-13-27)28-14-11-26-17-28/h1-8,11,14-15,17,20H,9-10,12-13,16H2. The summed E-state index contributed by atoms with van der Waals surface area (Å²) < 4.78 is 18.4. The Balaban J connectivity index is 1.44. The Morgan fingerprint density at radius 1 is 1.07 bits per heavy atom. The Bertz CT molecular complexity index is 1170. The van der Waals surface area contributed by atoms with Crippen LogP contribution in [-0.4, -0.2) is 38.0 Å². The van der Waals surface area contributed by atoms with Gasteiger partial charge in [-0.15, -0.1) is 0 Å². The van der Waals surface area contributed by atoms with Crippen LogP contribution >= 0.6 is 0 Å². The van der Waals surface area contributed by atoms with Crippen LogP contribution in [0.1, 0.15) is 34.9 Å². The second kappa shape index (κ2) is 7.78. The van der Waals surface area contributed by atoms with Crippen molar-refractivity contribution < 1.29 is 9.18 Å². The minimum Gasteiger partial charge on any atom is -0.337 e. The van der Waals surface area contributed by atoms with E-state index in [1.807, 2.05) is 58.4 Å². The topological polar surface area (TPSA) is 43.1 Å². The summed E-state index contributed by atoms with van der Waals surface area (Å²) >= 11 is 0. The van der Waals surface area contributed by atoms with E-state index in [9.17, 15) is 9.18 Å². The quantitative estimate of drug-likeness (QED) is 0.504. The van der Waals surface area contributed by atoms with Crippen molar-refractivity contribution in [1.29, 1.82) is 0 Å². The molecule has 5 rings (SSSR count). The summed E-state index contributed by atoms with van der Waals surface area (Å²) in [7, 11) is 0. The van der Waals surface area contributed by atoms with Crippen LogP contribution in [0.4, 0.5) is 4.39 Å². The van der Waals surface area contributed by atoms with Gasteiger partial charge in [0, 0.05) is 48.0 Å². The van der Waals surface area contributed by atoms with Crippen molar-refractivity contribution in [2.45, 2.75) is 25.4 Å². The van der Waals surface area contributed by atoms with Gasteiger partial charge in [0.15, 0.2) is 0 Å². The fraction of sp³-hybridized carbons (Fsp3) is 0.250. The second-order valence-electron chi connectivity index (χ2n) is 7.80. The maximum Gasteiger partial charge on any atom is 0.270 e. The van der Waals surface area contributed by atoms with E-state index >= 15 is 0 Å². The fourth-order valence-electron chi connectivity index (χ4n) is 4.37. The summed E-state index contributed by atoms with van der Waals surface area (Å²) in [5.74, 6) is -0.249. The van der Waals surface area contributed by atoms with Gasteiger partial charge in [0.25, 0.3) is 5.91 Å². The Hall–Kier alpha value is -3.41. The summed E-state index contributed by atoms with van der Waals surface area (Å²) in [6.07, 6.45) is 7.41. The average molecular weight is 402 g/mol. The molecule has 5 nitrogen and oxygen atoms in total. The number of aromatic nitrogens is 3. The third kappa shape index (κ3) is 3.38. The average Bonchev–Trinajstić information content (AvgIpc) is 3.44. The van der Waals surface area contributed by atoms with Crippen molar-refractivity contribution >= 4 is 16.8 Å². The van der Waals surface area contributed by atoms with E-state index in [1.54, 1.807) is 18.3 Å². The number of piperidine rings is 1. The monoisotopic (exact) mass is 402 g/mol. The number of carbonyl (C=O) groups is 1. The summed E-state index contributed by atoms with van der Waals surface area (Å²) in [5, 5.41) is 0.991. The number of hydrogen-bond acceptors (Lipinski definition) is 2. The van der Waals surface area contributed by atoms with E-state index in [-0.39, 0.29) is 11.7 Å². The van der Waals surface area contributed by atoms with E-state index in [0.717, 1.165) is 23.7 Å². The number of benzene rings is 2. The Labute approximate surface area is 174 Å².